The number of nitrogens with one attached hydrogen (secondary N) is 1. The van der Waals surface area contributed by atoms with Crippen LogP contribution in [0.2, 0.25) is 5.15 Å². The highest BCUT2D eigenvalue weighted by Crippen LogP contribution is 2.29. The number of hydrogen-bond acceptors (Lipinski definition) is 6. The predicted molar refractivity (Wildman–Crippen MR) is 128 cm³/mol. The van der Waals surface area contributed by atoms with Crippen molar-refractivity contribution in [1.82, 2.24) is 14.9 Å². The van der Waals surface area contributed by atoms with Gasteiger partial charge in [0.2, 0.25) is 11.8 Å². The van der Waals surface area contributed by atoms with Crippen LogP contribution in [-0.2, 0) is 9.59 Å². The van der Waals surface area contributed by atoms with Crippen molar-refractivity contribution in [3.8, 4) is 0 Å². The number of hydrogen-bond donors (Lipinski definition) is 1. The zero-order valence-electron chi connectivity index (χ0n) is 18.5. The predicted octanol–water partition coefficient (Wildman–Crippen LogP) is 4.23. The van der Waals surface area contributed by atoms with Crippen LogP contribution in [-0.4, -0.2) is 58.1 Å². The van der Waals surface area contributed by atoms with Crippen molar-refractivity contribution >= 4 is 46.7 Å². The van der Waals surface area contributed by atoms with Gasteiger partial charge in [-0.25, -0.2) is 14.4 Å². The Morgan fingerprint density at radius 1 is 1.18 bits per heavy atom. The molecular weight excluding hydrogens is 465 g/mol. The number of benzene rings is 1. The number of thioether (sulfide) groups is 1. The molecule has 176 valence electrons. The van der Waals surface area contributed by atoms with Crippen LogP contribution >= 0.6 is 23.4 Å². The summed E-state index contributed by atoms with van der Waals surface area (Å²) < 4.78 is 13.0. The largest absolute Gasteiger partial charge is 0.353 e. The number of anilines is 2. The van der Waals surface area contributed by atoms with E-state index in [0.717, 1.165) is 25.7 Å². The van der Waals surface area contributed by atoms with E-state index in [1.54, 1.807) is 6.07 Å². The van der Waals surface area contributed by atoms with E-state index in [9.17, 15) is 14.0 Å². The lowest BCUT2D eigenvalue weighted by molar-refractivity contribution is -0.137. The summed E-state index contributed by atoms with van der Waals surface area (Å²) in [7, 11) is 0. The van der Waals surface area contributed by atoms with Gasteiger partial charge in [-0.1, -0.05) is 36.2 Å². The minimum Gasteiger partial charge on any atom is -0.353 e. The molecule has 1 unspecified atom stereocenters. The molecule has 1 atom stereocenters. The zero-order chi connectivity index (χ0) is 23.4. The van der Waals surface area contributed by atoms with E-state index >= 15 is 0 Å². The first-order valence-corrected chi connectivity index (χ1v) is 12.5. The Labute approximate surface area is 202 Å². The van der Waals surface area contributed by atoms with Gasteiger partial charge in [0, 0.05) is 43.3 Å². The van der Waals surface area contributed by atoms with Crippen LogP contribution in [0.15, 0.2) is 35.5 Å². The lowest BCUT2D eigenvalue weighted by atomic mass is 10.0. The lowest BCUT2D eigenvalue weighted by Crippen LogP contribution is -2.55. The molecule has 2 heterocycles. The molecule has 2 fully saturated rings. The van der Waals surface area contributed by atoms with Crippen LogP contribution in [0.1, 0.15) is 32.6 Å². The molecule has 1 aliphatic carbocycles. The molecule has 2 amide bonds. The van der Waals surface area contributed by atoms with Gasteiger partial charge in [0.15, 0.2) is 5.16 Å². The molecule has 1 aromatic carbocycles. The number of halogens is 2. The van der Waals surface area contributed by atoms with Crippen molar-refractivity contribution in [2.24, 2.45) is 5.92 Å². The molecule has 0 radical (unpaired) electrons. The molecule has 4 rings (SSSR count). The smallest absolute Gasteiger partial charge is 0.234 e. The molecule has 1 aliphatic heterocycles. The summed E-state index contributed by atoms with van der Waals surface area (Å²) >= 11 is 7.42. The summed E-state index contributed by atoms with van der Waals surface area (Å²) in [5, 5.41) is 3.42. The molecular formula is C23H27ClFN5O2S. The molecule has 0 spiro atoms. The third-order valence-corrected chi connectivity index (χ3v) is 7.10. The fraction of sp³-hybridized carbons (Fsp3) is 0.478. The molecule has 2 aromatic rings. The summed E-state index contributed by atoms with van der Waals surface area (Å²) in [6.07, 6.45) is 4.30. The van der Waals surface area contributed by atoms with Crippen LogP contribution in [0.4, 0.5) is 15.9 Å². The van der Waals surface area contributed by atoms with Crippen molar-refractivity contribution < 1.29 is 14.0 Å². The number of carbonyl (C=O) groups is 2. The third-order valence-electron chi connectivity index (χ3n) is 6.06. The van der Waals surface area contributed by atoms with Gasteiger partial charge in [-0.15, -0.1) is 0 Å². The number of piperazine rings is 1. The van der Waals surface area contributed by atoms with E-state index in [4.69, 9.17) is 11.6 Å². The van der Waals surface area contributed by atoms with Gasteiger partial charge in [-0.3, -0.25) is 9.59 Å². The van der Waals surface area contributed by atoms with Crippen LogP contribution in [0.25, 0.3) is 0 Å². The van der Waals surface area contributed by atoms with Gasteiger partial charge in [0.1, 0.15) is 16.8 Å². The molecule has 33 heavy (non-hydrogen) atoms. The fourth-order valence-corrected chi connectivity index (χ4v) is 5.25. The average molecular weight is 492 g/mol. The number of rotatable bonds is 6. The third kappa shape index (κ3) is 6.14. The molecule has 2 aliphatic rings. The summed E-state index contributed by atoms with van der Waals surface area (Å²) in [5.74, 6) is 0.637. The fourth-order valence-electron chi connectivity index (χ4n) is 4.37. The maximum absolute atomic E-state index is 13.0. The maximum Gasteiger partial charge on any atom is 0.234 e. The van der Waals surface area contributed by atoms with E-state index in [1.165, 1.54) is 36.0 Å². The number of aromatic nitrogens is 2. The Kier molecular flexibility index (Phi) is 7.70. The normalized spacial score (nSPS) is 19.1. The molecule has 1 N–H and O–H groups in total. The molecule has 1 aromatic heterocycles. The summed E-state index contributed by atoms with van der Waals surface area (Å²) in [4.78, 5) is 38.0. The molecule has 7 nitrogen and oxygen atoms in total. The second-order valence-corrected chi connectivity index (χ2v) is 9.81. The van der Waals surface area contributed by atoms with E-state index in [0.29, 0.717) is 41.4 Å². The average Bonchev–Trinajstić information content (AvgIpc) is 3.33. The van der Waals surface area contributed by atoms with Gasteiger partial charge in [0.05, 0.1) is 5.75 Å². The highest BCUT2D eigenvalue weighted by molar-refractivity contribution is 7.99. The summed E-state index contributed by atoms with van der Waals surface area (Å²) in [5.41, 5.74) is 0.522. The highest BCUT2D eigenvalue weighted by Gasteiger charge is 2.33. The van der Waals surface area contributed by atoms with Crippen LogP contribution in [0, 0.1) is 11.7 Å². The molecule has 1 saturated carbocycles. The zero-order valence-corrected chi connectivity index (χ0v) is 20.0. The number of carbonyl (C=O) groups excluding carboxylic acids is 2. The van der Waals surface area contributed by atoms with Gasteiger partial charge in [0.25, 0.3) is 0 Å². The number of nitrogens with zero attached hydrogens (tertiary/aromatic N) is 4. The Morgan fingerprint density at radius 2 is 1.91 bits per heavy atom. The van der Waals surface area contributed by atoms with Crippen molar-refractivity contribution in [3.63, 3.8) is 0 Å². The van der Waals surface area contributed by atoms with Crippen molar-refractivity contribution in [1.29, 1.82) is 0 Å². The van der Waals surface area contributed by atoms with E-state index < -0.39 is 0 Å². The van der Waals surface area contributed by atoms with E-state index in [2.05, 4.69) is 27.1 Å². The Hall–Kier alpha value is -2.39. The van der Waals surface area contributed by atoms with Crippen molar-refractivity contribution in [2.75, 3.05) is 35.6 Å². The molecule has 10 heteroatoms. The quantitative estimate of drug-likeness (QED) is 0.370. The topological polar surface area (TPSA) is 78.4 Å². The minimum atomic E-state index is -0.361. The molecule has 0 bridgehead atoms. The lowest BCUT2D eigenvalue weighted by Gasteiger charge is -2.41. The minimum absolute atomic E-state index is 0.0816. The standard InChI is InChI=1S/C23H27ClFN5O2S/c1-15-13-29(10-11-30(15)22(32)16-4-2-3-5-16)20-12-19(24)27-23(28-20)33-14-21(31)26-18-8-6-17(25)7-9-18/h6-9,12,15-16H,2-5,10-11,13-14H2,1H3,(H,26,31). The first-order valence-electron chi connectivity index (χ1n) is 11.2. The van der Waals surface area contributed by atoms with Gasteiger partial charge < -0.3 is 15.1 Å². The first kappa shape index (κ1) is 23.8. The van der Waals surface area contributed by atoms with Crippen LogP contribution in [0.5, 0.6) is 0 Å². The second kappa shape index (κ2) is 10.7. The van der Waals surface area contributed by atoms with Gasteiger partial charge in [-0.2, -0.15) is 0 Å². The van der Waals surface area contributed by atoms with Crippen LogP contribution < -0.4 is 10.2 Å². The SMILES string of the molecule is CC1CN(c2cc(Cl)nc(SCC(=O)Nc3ccc(F)cc3)n2)CCN1C(=O)C1CCCC1. The number of amides is 2. The summed E-state index contributed by atoms with van der Waals surface area (Å²) in [6, 6.07) is 7.38. The maximum atomic E-state index is 13.0. The monoisotopic (exact) mass is 491 g/mol. The summed E-state index contributed by atoms with van der Waals surface area (Å²) in [6.45, 7) is 4.06. The van der Waals surface area contributed by atoms with E-state index in [1.807, 2.05) is 4.90 Å². The van der Waals surface area contributed by atoms with Gasteiger partial charge >= 0.3 is 0 Å². The van der Waals surface area contributed by atoms with Crippen molar-refractivity contribution in [3.05, 3.63) is 41.3 Å². The molecule has 1 saturated heterocycles. The Bertz CT molecular complexity index is 1000. The Morgan fingerprint density at radius 3 is 2.61 bits per heavy atom. The highest BCUT2D eigenvalue weighted by atomic mass is 35.5. The first-order chi connectivity index (χ1) is 15.9. The van der Waals surface area contributed by atoms with Gasteiger partial charge in [-0.05, 0) is 44.0 Å². The second-order valence-electron chi connectivity index (χ2n) is 8.48. The van der Waals surface area contributed by atoms with Crippen molar-refractivity contribution in [2.45, 2.75) is 43.8 Å². The Balaban J connectivity index is 1.34. The van der Waals surface area contributed by atoms with Crippen LogP contribution in [0.3, 0.4) is 0 Å². The van der Waals surface area contributed by atoms with E-state index in [-0.39, 0.29) is 35.3 Å².